The minimum absolute atomic E-state index is 0.452. The molecule has 1 N–H and O–H groups in total. The second kappa shape index (κ2) is 5.28. The molecule has 2 nitrogen and oxygen atoms in total. The van der Waals surface area contributed by atoms with Crippen LogP contribution in [0, 0.1) is 0 Å². The van der Waals surface area contributed by atoms with Crippen molar-refractivity contribution in [1.29, 1.82) is 0 Å². The first-order chi connectivity index (χ1) is 8.26. The van der Waals surface area contributed by atoms with Gasteiger partial charge in [-0.2, -0.15) is 0 Å². The number of likely N-dealkylation sites (N-methyl/N-ethyl adjacent to an activating group) is 1. The lowest BCUT2D eigenvalue weighted by molar-refractivity contribution is 0.475. The summed E-state index contributed by atoms with van der Waals surface area (Å²) in [5.74, 6) is 0.476. The van der Waals surface area contributed by atoms with E-state index in [1.165, 1.54) is 11.1 Å². The number of benzene rings is 1. The highest BCUT2D eigenvalue weighted by Gasteiger charge is 2.17. The average Bonchev–Trinajstić information content (AvgIpc) is 2.39. The molecule has 0 fully saturated rings. The summed E-state index contributed by atoms with van der Waals surface area (Å²) in [6.45, 7) is 4.43. The monoisotopic (exact) mass is 228 g/mol. The van der Waals surface area contributed by atoms with Crippen molar-refractivity contribution >= 4 is 10.9 Å². The third kappa shape index (κ3) is 2.47. The molecule has 2 aromatic rings. The molecule has 0 radical (unpaired) electrons. The minimum Gasteiger partial charge on any atom is -0.317 e. The summed E-state index contributed by atoms with van der Waals surface area (Å²) < 4.78 is 0. The van der Waals surface area contributed by atoms with Gasteiger partial charge in [-0.05, 0) is 32.5 Å². The Morgan fingerprint density at radius 1 is 1.18 bits per heavy atom. The van der Waals surface area contributed by atoms with Gasteiger partial charge in [0.05, 0.1) is 5.52 Å². The molecule has 17 heavy (non-hydrogen) atoms. The van der Waals surface area contributed by atoms with E-state index >= 15 is 0 Å². The number of hydrogen-bond acceptors (Lipinski definition) is 2. The Balaban J connectivity index is 2.40. The van der Waals surface area contributed by atoms with Gasteiger partial charge < -0.3 is 5.32 Å². The van der Waals surface area contributed by atoms with Crippen molar-refractivity contribution in [2.24, 2.45) is 0 Å². The maximum atomic E-state index is 4.78. The maximum absolute atomic E-state index is 4.78. The number of fused-ring (bicyclic) bond motifs is 1. The quantitative estimate of drug-likeness (QED) is 0.868. The van der Waals surface area contributed by atoms with E-state index in [0.717, 1.165) is 11.9 Å². The number of pyridine rings is 1. The molecular formula is C15H20N2. The summed E-state index contributed by atoms with van der Waals surface area (Å²) in [6, 6.07) is 13.1. The van der Waals surface area contributed by atoms with E-state index in [1.54, 1.807) is 0 Å². The molecule has 0 saturated carbocycles. The fourth-order valence-electron chi connectivity index (χ4n) is 2.31. The Labute approximate surface area is 103 Å². The van der Waals surface area contributed by atoms with Gasteiger partial charge in [-0.15, -0.1) is 0 Å². The van der Waals surface area contributed by atoms with E-state index in [0.29, 0.717) is 12.0 Å². The van der Waals surface area contributed by atoms with Gasteiger partial charge in [0.1, 0.15) is 0 Å². The standard InChI is InChI=1S/C15H20N2/c1-4-13(11(2)16-3)15-10-9-12-7-5-6-8-14(12)17-15/h5-11,13,16H,4H2,1-3H3. The summed E-state index contributed by atoms with van der Waals surface area (Å²) in [5.41, 5.74) is 2.28. The van der Waals surface area contributed by atoms with E-state index < -0.39 is 0 Å². The fourth-order valence-corrected chi connectivity index (χ4v) is 2.31. The second-order valence-electron chi connectivity index (χ2n) is 4.52. The van der Waals surface area contributed by atoms with Crippen LogP contribution >= 0.6 is 0 Å². The normalized spacial score (nSPS) is 14.8. The summed E-state index contributed by atoms with van der Waals surface area (Å²) in [4.78, 5) is 4.78. The van der Waals surface area contributed by atoms with Gasteiger partial charge >= 0.3 is 0 Å². The van der Waals surface area contributed by atoms with Crippen molar-refractivity contribution in [2.75, 3.05) is 7.05 Å². The Hall–Kier alpha value is -1.41. The third-order valence-electron chi connectivity index (χ3n) is 3.50. The predicted octanol–water partition coefficient (Wildman–Crippen LogP) is 3.34. The van der Waals surface area contributed by atoms with E-state index in [2.05, 4.69) is 49.5 Å². The van der Waals surface area contributed by atoms with Crippen molar-refractivity contribution in [2.45, 2.75) is 32.2 Å². The molecular weight excluding hydrogens is 208 g/mol. The molecule has 2 atom stereocenters. The number of nitrogens with zero attached hydrogens (tertiary/aromatic N) is 1. The van der Waals surface area contributed by atoms with Crippen LogP contribution in [0.5, 0.6) is 0 Å². The Kier molecular flexibility index (Phi) is 3.75. The van der Waals surface area contributed by atoms with Crippen LogP contribution in [-0.4, -0.2) is 18.1 Å². The van der Waals surface area contributed by atoms with Crippen LogP contribution in [0.4, 0.5) is 0 Å². The van der Waals surface area contributed by atoms with Crippen LogP contribution in [0.3, 0.4) is 0 Å². The highest BCUT2D eigenvalue weighted by atomic mass is 14.9. The molecule has 2 rings (SSSR count). The lowest BCUT2D eigenvalue weighted by Gasteiger charge is -2.22. The number of para-hydroxylation sites is 1. The van der Waals surface area contributed by atoms with Gasteiger partial charge in [-0.25, -0.2) is 0 Å². The molecule has 2 heteroatoms. The van der Waals surface area contributed by atoms with E-state index in [4.69, 9.17) is 4.98 Å². The van der Waals surface area contributed by atoms with E-state index in [-0.39, 0.29) is 0 Å². The van der Waals surface area contributed by atoms with Crippen molar-refractivity contribution in [3.05, 3.63) is 42.1 Å². The summed E-state index contributed by atoms with van der Waals surface area (Å²) in [5, 5.41) is 4.53. The summed E-state index contributed by atoms with van der Waals surface area (Å²) in [6.07, 6.45) is 1.10. The Morgan fingerprint density at radius 2 is 1.94 bits per heavy atom. The smallest absolute Gasteiger partial charge is 0.0705 e. The average molecular weight is 228 g/mol. The predicted molar refractivity (Wildman–Crippen MR) is 73.3 cm³/mol. The molecule has 0 bridgehead atoms. The van der Waals surface area contributed by atoms with Crippen molar-refractivity contribution in [3.63, 3.8) is 0 Å². The lowest BCUT2D eigenvalue weighted by atomic mass is 9.93. The summed E-state index contributed by atoms with van der Waals surface area (Å²) in [7, 11) is 2.01. The van der Waals surface area contributed by atoms with Crippen LogP contribution in [0.2, 0.25) is 0 Å². The Morgan fingerprint density at radius 3 is 2.65 bits per heavy atom. The molecule has 2 unspecified atom stereocenters. The van der Waals surface area contributed by atoms with Crippen molar-refractivity contribution in [1.82, 2.24) is 10.3 Å². The molecule has 1 heterocycles. The SMILES string of the molecule is CCC(c1ccc2ccccc2n1)C(C)NC. The van der Waals surface area contributed by atoms with Gasteiger partial charge in [0.2, 0.25) is 0 Å². The molecule has 90 valence electrons. The molecule has 0 aliphatic rings. The topological polar surface area (TPSA) is 24.9 Å². The lowest BCUT2D eigenvalue weighted by Crippen LogP contribution is -2.29. The number of nitrogens with one attached hydrogen (secondary N) is 1. The summed E-state index contributed by atoms with van der Waals surface area (Å²) >= 11 is 0. The minimum atomic E-state index is 0.452. The zero-order chi connectivity index (χ0) is 12.3. The fraction of sp³-hybridized carbons (Fsp3) is 0.400. The number of hydrogen-bond donors (Lipinski definition) is 1. The van der Waals surface area contributed by atoms with Gasteiger partial charge in [0.15, 0.2) is 0 Å². The van der Waals surface area contributed by atoms with Gasteiger partial charge in [0, 0.05) is 23.0 Å². The van der Waals surface area contributed by atoms with Crippen LogP contribution in [0.25, 0.3) is 10.9 Å². The molecule has 0 saturated heterocycles. The highest BCUT2D eigenvalue weighted by Crippen LogP contribution is 2.23. The van der Waals surface area contributed by atoms with Crippen LogP contribution < -0.4 is 5.32 Å². The van der Waals surface area contributed by atoms with Crippen LogP contribution in [0.15, 0.2) is 36.4 Å². The van der Waals surface area contributed by atoms with E-state index in [1.807, 2.05) is 13.1 Å². The number of aromatic nitrogens is 1. The zero-order valence-electron chi connectivity index (χ0n) is 10.8. The largest absolute Gasteiger partial charge is 0.317 e. The van der Waals surface area contributed by atoms with Crippen LogP contribution in [0.1, 0.15) is 31.9 Å². The van der Waals surface area contributed by atoms with Gasteiger partial charge in [0.25, 0.3) is 0 Å². The van der Waals surface area contributed by atoms with Gasteiger partial charge in [-0.3, -0.25) is 4.98 Å². The van der Waals surface area contributed by atoms with Crippen molar-refractivity contribution < 1.29 is 0 Å². The second-order valence-corrected chi connectivity index (χ2v) is 4.52. The maximum Gasteiger partial charge on any atom is 0.0705 e. The number of rotatable bonds is 4. The first kappa shape index (κ1) is 12.1. The third-order valence-corrected chi connectivity index (χ3v) is 3.50. The zero-order valence-corrected chi connectivity index (χ0v) is 10.8. The molecule has 0 spiro atoms. The molecule has 1 aromatic heterocycles. The highest BCUT2D eigenvalue weighted by molar-refractivity contribution is 5.78. The van der Waals surface area contributed by atoms with Crippen LogP contribution in [-0.2, 0) is 0 Å². The van der Waals surface area contributed by atoms with Gasteiger partial charge in [-0.1, -0.05) is 31.2 Å². The van der Waals surface area contributed by atoms with E-state index in [9.17, 15) is 0 Å². The molecule has 0 aliphatic heterocycles. The Bertz CT molecular complexity index is 493. The van der Waals surface area contributed by atoms with Crippen molar-refractivity contribution in [3.8, 4) is 0 Å². The first-order valence-electron chi connectivity index (χ1n) is 6.29. The molecule has 0 amide bonds. The first-order valence-corrected chi connectivity index (χ1v) is 6.29. The molecule has 0 aliphatic carbocycles. The molecule has 1 aromatic carbocycles.